The molecular formula is C23H27NSi2. The van der Waals surface area contributed by atoms with E-state index in [9.17, 15) is 0 Å². The van der Waals surface area contributed by atoms with E-state index in [1.54, 1.807) is 0 Å². The van der Waals surface area contributed by atoms with Crippen LogP contribution in [0.25, 0.3) is 11.3 Å². The summed E-state index contributed by atoms with van der Waals surface area (Å²) in [5, 5.41) is 4.10. The normalized spacial score (nSPS) is 12.0. The van der Waals surface area contributed by atoms with Gasteiger partial charge >= 0.3 is 0 Å². The molecule has 0 unspecified atom stereocenters. The van der Waals surface area contributed by atoms with Crippen LogP contribution in [0.15, 0.2) is 85.1 Å². The van der Waals surface area contributed by atoms with Crippen molar-refractivity contribution in [2.75, 3.05) is 0 Å². The van der Waals surface area contributed by atoms with Crippen LogP contribution in [-0.2, 0) is 0 Å². The van der Waals surface area contributed by atoms with Crippen LogP contribution in [0.4, 0.5) is 0 Å². The van der Waals surface area contributed by atoms with Gasteiger partial charge in [-0.3, -0.25) is 4.98 Å². The Kier molecular flexibility index (Phi) is 5.12. The highest BCUT2D eigenvalue weighted by molar-refractivity contribution is 7.00. The smallest absolute Gasteiger partial charge is 0.127 e. The first-order valence-electron chi connectivity index (χ1n) is 9.12. The standard InChI is InChI=1S/C23H27NSi2/c1-6-25(2,3)23-14-10-13-22(24-23)19-15-17-21(18-16-19)26(4,5)20-11-8-7-9-12-20/h6-18H,1H2,2-5H3. The Morgan fingerprint density at radius 1 is 0.731 bits per heavy atom. The molecule has 0 radical (unpaired) electrons. The maximum absolute atomic E-state index is 4.94. The third kappa shape index (κ3) is 3.64. The monoisotopic (exact) mass is 373 g/mol. The van der Waals surface area contributed by atoms with Crippen LogP contribution >= 0.6 is 0 Å². The molecule has 0 aliphatic heterocycles. The van der Waals surface area contributed by atoms with Crippen LogP contribution in [0.3, 0.4) is 0 Å². The lowest BCUT2D eigenvalue weighted by Gasteiger charge is -2.24. The van der Waals surface area contributed by atoms with Crippen LogP contribution in [-0.4, -0.2) is 21.1 Å². The van der Waals surface area contributed by atoms with Crippen LogP contribution in [0.2, 0.25) is 26.2 Å². The molecule has 0 spiro atoms. The minimum atomic E-state index is -1.65. The molecule has 3 rings (SSSR count). The highest BCUT2D eigenvalue weighted by Crippen LogP contribution is 2.17. The molecule has 3 aromatic rings. The highest BCUT2D eigenvalue weighted by Gasteiger charge is 2.25. The number of pyridine rings is 1. The SMILES string of the molecule is C=C[Si](C)(C)c1cccc(-c2ccc([Si](C)(C)c3ccccc3)cc2)n1. The molecule has 3 heteroatoms. The first-order valence-corrected chi connectivity index (χ1v) is 15.2. The van der Waals surface area contributed by atoms with Crippen molar-refractivity contribution >= 4 is 31.8 Å². The lowest BCUT2D eigenvalue weighted by atomic mass is 10.1. The Hall–Kier alpha value is -2.24. The molecule has 0 aliphatic rings. The lowest BCUT2D eigenvalue weighted by Crippen LogP contribution is -2.52. The van der Waals surface area contributed by atoms with Gasteiger partial charge in [0.2, 0.25) is 0 Å². The number of rotatable bonds is 5. The van der Waals surface area contributed by atoms with Crippen LogP contribution in [0.1, 0.15) is 0 Å². The molecule has 0 fully saturated rings. The van der Waals surface area contributed by atoms with E-state index < -0.39 is 16.1 Å². The Bertz CT molecular complexity index is 897. The lowest BCUT2D eigenvalue weighted by molar-refractivity contribution is 1.36. The van der Waals surface area contributed by atoms with Gasteiger partial charge in [0.25, 0.3) is 0 Å². The second-order valence-electron chi connectivity index (χ2n) is 7.90. The third-order valence-electron chi connectivity index (χ3n) is 5.32. The van der Waals surface area contributed by atoms with Gasteiger partial charge in [0.1, 0.15) is 16.1 Å². The maximum atomic E-state index is 4.94. The van der Waals surface area contributed by atoms with E-state index in [1.807, 2.05) is 0 Å². The molecule has 0 bridgehead atoms. The maximum Gasteiger partial charge on any atom is 0.127 e. The average molecular weight is 374 g/mol. The number of benzene rings is 2. The molecule has 1 heterocycles. The summed E-state index contributed by atoms with van der Waals surface area (Å²) in [5.41, 5.74) is 4.33. The summed E-state index contributed by atoms with van der Waals surface area (Å²) in [4.78, 5) is 4.94. The van der Waals surface area contributed by atoms with Gasteiger partial charge in [-0.05, 0) is 12.1 Å². The van der Waals surface area contributed by atoms with Gasteiger partial charge in [-0.25, -0.2) is 0 Å². The van der Waals surface area contributed by atoms with Crippen molar-refractivity contribution in [3.63, 3.8) is 0 Å². The fourth-order valence-electron chi connectivity index (χ4n) is 3.14. The van der Waals surface area contributed by atoms with E-state index >= 15 is 0 Å². The molecule has 0 amide bonds. The zero-order valence-electron chi connectivity index (χ0n) is 16.2. The molecule has 0 aliphatic carbocycles. The van der Waals surface area contributed by atoms with Crippen molar-refractivity contribution in [2.45, 2.75) is 26.2 Å². The summed E-state index contributed by atoms with van der Waals surface area (Å²) < 4.78 is 0. The van der Waals surface area contributed by atoms with Gasteiger partial charge < -0.3 is 0 Å². The second-order valence-corrected chi connectivity index (χ2v) is 16.7. The molecule has 2 aromatic carbocycles. The zero-order valence-corrected chi connectivity index (χ0v) is 18.2. The van der Waals surface area contributed by atoms with Gasteiger partial charge in [0.15, 0.2) is 0 Å². The van der Waals surface area contributed by atoms with E-state index in [0.29, 0.717) is 0 Å². The first-order chi connectivity index (χ1) is 12.3. The van der Waals surface area contributed by atoms with Crippen molar-refractivity contribution in [3.05, 3.63) is 85.1 Å². The molecule has 1 nitrogen and oxygen atoms in total. The highest BCUT2D eigenvalue weighted by atomic mass is 28.3. The van der Waals surface area contributed by atoms with Crippen molar-refractivity contribution in [1.82, 2.24) is 4.98 Å². The van der Waals surface area contributed by atoms with Gasteiger partial charge in [0.05, 0.1) is 5.69 Å². The molecule has 132 valence electrons. The molecule has 26 heavy (non-hydrogen) atoms. The topological polar surface area (TPSA) is 12.9 Å². The molecule has 0 saturated carbocycles. The predicted octanol–water partition coefficient (Wildman–Crippen LogP) is 4.21. The summed E-state index contributed by atoms with van der Waals surface area (Å²) >= 11 is 0. The van der Waals surface area contributed by atoms with Crippen molar-refractivity contribution in [3.8, 4) is 11.3 Å². The van der Waals surface area contributed by atoms with E-state index in [-0.39, 0.29) is 0 Å². The number of aromatic nitrogens is 1. The summed E-state index contributed by atoms with van der Waals surface area (Å²) in [6.07, 6.45) is 0. The van der Waals surface area contributed by atoms with Gasteiger partial charge in [-0.2, -0.15) is 0 Å². The largest absolute Gasteiger partial charge is 0.257 e. The summed E-state index contributed by atoms with van der Waals surface area (Å²) in [6.45, 7) is 13.4. The summed E-state index contributed by atoms with van der Waals surface area (Å²) in [7, 11) is -3.30. The Balaban J connectivity index is 1.94. The fraction of sp³-hybridized carbons (Fsp3) is 0.174. The Morgan fingerprint density at radius 2 is 1.35 bits per heavy atom. The average Bonchev–Trinajstić information content (AvgIpc) is 2.69. The van der Waals surface area contributed by atoms with Crippen molar-refractivity contribution in [2.24, 2.45) is 0 Å². The van der Waals surface area contributed by atoms with E-state index in [1.165, 1.54) is 21.3 Å². The van der Waals surface area contributed by atoms with E-state index in [4.69, 9.17) is 4.98 Å². The zero-order chi connectivity index (χ0) is 18.8. The molecular weight excluding hydrogens is 346 g/mol. The van der Waals surface area contributed by atoms with Crippen LogP contribution in [0.5, 0.6) is 0 Å². The molecule has 0 N–H and O–H groups in total. The summed E-state index contributed by atoms with van der Waals surface area (Å²) in [5.74, 6) is 0. The Labute approximate surface area is 159 Å². The van der Waals surface area contributed by atoms with E-state index in [0.717, 1.165) is 5.69 Å². The Morgan fingerprint density at radius 3 is 1.96 bits per heavy atom. The minimum Gasteiger partial charge on any atom is -0.257 e. The molecule has 1 aromatic heterocycles. The van der Waals surface area contributed by atoms with Crippen LogP contribution < -0.4 is 15.7 Å². The van der Waals surface area contributed by atoms with E-state index in [2.05, 4.69) is 111 Å². The number of hydrogen-bond donors (Lipinski definition) is 0. The third-order valence-corrected chi connectivity index (χ3v) is 11.5. The van der Waals surface area contributed by atoms with Crippen molar-refractivity contribution < 1.29 is 0 Å². The quantitative estimate of drug-likeness (QED) is 0.611. The summed E-state index contributed by atoms with van der Waals surface area (Å²) in [6, 6.07) is 26.3. The van der Waals surface area contributed by atoms with Gasteiger partial charge in [-0.1, -0.05) is 103 Å². The minimum absolute atomic E-state index is 1.05. The molecule has 0 saturated heterocycles. The van der Waals surface area contributed by atoms with Crippen LogP contribution in [0, 0.1) is 0 Å². The predicted molar refractivity (Wildman–Crippen MR) is 120 cm³/mol. The van der Waals surface area contributed by atoms with Crippen molar-refractivity contribution in [1.29, 1.82) is 0 Å². The second kappa shape index (κ2) is 7.18. The van der Waals surface area contributed by atoms with Gasteiger partial charge in [0, 0.05) is 10.9 Å². The first kappa shape index (κ1) is 18.6. The number of nitrogens with zero attached hydrogens (tertiary/aromatic N) is 1. The fourth-order valence-corrected chi connectivity index (χ4v) is 6.64. The van der Waals surface area contributed by atoms with Gasteiger partial charge in [-0.15, -0.1) is 6.58 Å². The molecule has 0 atom stereocenters. The number of hydrogen-bond acceptors (Lipinski definition) is 1.